The molecule has 1 aromatic rings. The van der Waals surface area contributed by atoms with Gasteiger partial charge in [0, 0.05) is 36.7 Å². The number of methoxy groups -OCH3 is 1. The van der Waals surface area contributed by atoms with Crippen LogP contribution in [-0.4, -0.2) is 49.7 Å². The van der Waals surface area contributed by atoms with Crippen LogP contribution in [0.25, 0.3) is 0 Å². The lowest BCUT2D eigenvalue weighted by atomic mass is 10.1. The number of benzene rings is 1. The van der Waals surface area contributed by atoms with E-state index < -0.39 is 0 Å². The minimum Gasteiger partial charge on any atom is -0.383 e. The largest absolute Gasteiger partial charge is 0.383 e. The van der Waals surface area contributed by atoms with Gasteiger partial charge in [-0.15, -0.1) is 0 Å². The Hall–Kier alpha value is -1.73. The summed E-state index contributed by atoms with van der Waals surface area (Å²) in [5, 5.41) is 8.58. The van der Waals surface area contributed by atoms with Crippen molar-refractivity contribution in [3.05, 3.63) is 29.3 Å². The fraction of sp³-hybridized carbons (Fsp3) is 0.500. The third-order valence-electron chi connectivity index (χ3n) is 3.59. The highest BCUT2D eigenvalue weighted by atomic mass is 32.2. The first kappa shape index (κ1) is 17.6. The van der Waals surface area contributed by atoms with Crippen molar-refractivity contribution in [1.29, 1.82) is 0 Å². The number of hydrogen-bond donors (Lipinski definition) is 3. The minimum absolute atomic E-state index is 0.149. The summed E-state index contributed by atoms with van der Waals surface area (Å²) in [7, 11) is 1.59. The Kier molecular flexibility index (Phi) is 6.73. The molecular weight excluding hydrogens is 314 g/mol. The van der Waals surface area contributed by atoms with Gasteiger partial charge in [-0.1, -0.05) is 0 Å². The van der Waals surface area contributed by atoms with Gasteiger partial charge in [0.05, 0.1) is 6.61 Å². The van der Waals surface area contributed by atoms with Crippen molar-refractivity contribution in [3.63, 3.8) is 0 Å². The highest BCUT2D eigenvalue weighted by Crippen LogP contribution is 2.19. The monoisotopic (exact) mass is 337 g/mol. The molecule has 2 rings (SSSR count). The second-order valence-corrected chi connectivity index (χ2v) is 6.59. The molecule has 1 atom stereocenters. The summed E-state index contributed by atoms with van der Waals surface area (Å²) in [6, 6.07) is 5.27. The number of amides is 3. The summed E-state index contributed by atoms with van der Waals surface area (Å²) in [6.07, 6.45) is 1.01. The standard InChI is InChI=1S/C16H23N3O3S/c1-11-9-12(15(20)17-6-7-22-2)3-4-14(11)19-16(21)18-13-5-8-23-10-13/h3-4,9,13H,5-8,10H2,1-2H3,(H,17,20)(H2,18,19,21)/t13-/m1/s1. The maximum absolute atomic E-state index is 12.0. The zero-order valence-electron chi connectivity index (χ0n) is 13.5. The average Bonchev–Trinajstić information content (AvgIpc) is 3.02. The normalized spacial score (nSPS) is 16.9. The fourth-order valence-electron chi connectivity index (χ4n) is 2.31. The van der Waals surface area contributed by atoms with Crippen molar-refractivity contribution in [2.24, 2.45) is 0 Å². The van der Waals surface area contributed by atoms with Crippen LogP contribution in [0.2, 0.25) is 0 Å². The topological polar surface area (TPSA) is 79.5 Å². The van der Waals surface area contributed by atoms with Gasteiger partial charge in [0.15, 0.2) is 0 Å². The molecule has 23 heavy (non-hydrogen) atoms. The van der Waals surface area contributed by atoms with Crippen LogP contribution >= 0.6 is 11.8 Å². The van der Waals surface area contributed by atoms with Crippen LogP contribution in [0.4, 0.5) is 10.5 Å². The Bertz CT molecular complexity index is 560. The number of hydrogen-bond acceptors (Lipinski definition) is 4. The maximum atomic E-state index is 12.0. The number of carbonyl (C=O) groups excluding carboxylic acids is 2. The zero-order chi connectivity index (χ0) is 16.7. The van der Waals surface area contributed by atoms with Crippen molar-refractivity contribution < 1.29 is 14.3 Å². The lowest BCUT2D eigenvalue weighted by molar-refractivity contribution is 0.0937. The Balaban J connectivity index is 1.90. The average molecular weight is 337 g/mol. The highest BCUT2D eigenvalue weighted by Gasteiger charge is 2.18. The summed E-state index contributed by atoms with van der Waals surface area (Å²) < 4.78 is 4.90. The molecule has 0 aromatic heterocycles. The van der Waals surface area contributed by atoms with Crippen LogP contribution in [0.3, 0.4) is 0 Å². The van der Waals surface area contributed by atoms with Gasteiger partial charge in [0.1, 0.15) is 0 Å². The molecule has 126 valence electrons. The maximum Gasteiger partial charge on any atom is 0.319 e. The number of rotatable bonds is 6. The van der Waals surface area contributed by atoms with Gasteiger partial charge < -0.3 is 20.7 Å². The quantitative estimate of drug-likeness (QED) is 0.694. The molecule has 7 heteroatoms. The summed E-state index contributed by atoms with van der Waals surface area (Å²) in [4.78, 5) is 24.0. The van der Waals surface area contributed by atoms with E-state index in [0.717, 1.165) is 23.5 Å². The van der Waals surface area contributed by atoms with E-state index in [1.54, 1.807) is 25.3 Å². The minimum atomic E-state index is -0.196. The van der Waals surface area contributed by atoms with Crippen LogP contribution < -0.4 is 16.0 Å². The van der Waals surface area contributed by atoms with E-state index in [9.17, 15) is 9.59 Å². The molecular formula is C16H23N3O3S. The molecule has 6 nitrogen and oxygen atoms in total. The molecule has 3 N–H and O–H groups in total. The molecule has 3 amide bonds. The molecule has 1 saturated heterocycles. The van der Waals surface area contributed by atoms with Crippen LogP contribution in [0.1, 0.15) is 22.3 Å². The van der Waals surface area contributed by atoms with Gasteiger partial charge in [-0.25, -0.2) is 4.79 Å². The third kappa shape index (κ3) is 5.44. The molecule has 0 radical (unpaired) electrons. The van der Waals surface area contributed by atoms with Crippen molar-refractivity contribution in [2.45, 2.75) is 19.4 Å². The molecule has 0 unspecified atom stereocenters. The smallest absolute Gasteiger partial charge is 0.319 e. The van der Waals surface area contributed by atoms with Crippen molar-refractivity contribution in [2.75, 3.05) is 37.1 Å². The molecule has 1 aliphatic rings. The van der Waals surface area contributed by atoms with Gasteiger partial charge in [-0.3, -0.25) is 4.79 Å². The van der Waals surface area contributed by atoms with Crippen LogP contribution in [0.5, 0.6) is 0 Å². The van der Waals surface area contributed by atoms with E-state index >= 15 is 0 Å². The molecule has 0 aliphatic carbocycles. The first-order chi connectivity index (χ1) is 11.1. The molecule has 1 heterocycles. The molecule has 1 fully saturated rings. The summed E-state index contributed by atoms with van der Waals surface area (Å²) in [5.74, 6) is 1.91. The number of nitrogens with one attached hydrogen (secondary N) is 3. The molecule has 1 aliphatic heterocycles. The second-order valence-electron chi connectivity index (χ2n) is 5.44. The van der Waals surface area contributed by atoms with Gasteiger partial charge in [0.2, 0.25) is 0 Å². The van der Waals surface area contributed by atoms with E-state index in [4.69, 9.17) is 4.74 Å². The van der Waals surface area contributed by atoms with E-state index in [2.05, 4.69) is 16.0 Å². The summed E-state index contributed by atoms with van der Waals surface area (Å²) in [5.41, 5.74) is 2.12. The second kappa shape index (κ2) is 8.79. The molecule has 0 spiro atoms. The van der Waals surface area contributed by atoms with Crippen LogP contribution in [0.15, 0.2) is 18.2 Å². The molecule has 0 saturated carbocycles. The Morgan fingerprint density at radius 1 is 1.39 bits per heavy atom. The first-order valence-electron chi connectivity index (χ1n) is 7.63. The fourth-order valence-corrected chi connectivity index (χ4v) is 3.46. The van der Waals surface area contributed by atoms with E-state index in [0.29, 0.717) is 24.4 Å². The van der Waals surface area contributed by atoms with Gasteiger partial charge in [-0.05, 0) is 42.9 Å². The zero-order valence-corrected chi connectivity index (χ0v) is 14.3. The number of aryl methyl sites for hydroxylation is 1. The lowest BCUT2D eigenvalue weighted by Crippen LogP contribution is -2.38. The number of carbonyl (C=O) groups is 2. The SMILES string of the molecule is COCCNC(=O)c1ccc(NC(=O)N[C@@H]2CCSC2)c(C)c1. The van der Waals surface area contributed by atoms with Gasteiger partial charge in [-0.2, -0.15) is 11.8 Å². The Morgan fingerprint density at radius 3 is 2.87 bits per heavy atom. The molecule has 1 aromatic carbocycles. The summed E-state index contributed by atoms with van der Waals surface area (Å²) in [6.45, 7) is 2.81. The van der Waals surface area contributed by atoms with E-state index in [1.807, 2.05) is 18.7 Å². The number of urea groups is 1. The Labute approximate surface area is 140 Å². The number of ether oxygens (including phenoxy) is 1. The Morgan fingerprint density at radius 2 is 2.22 bits per heavy atom. The van der Waals surface area contributed by atoms with Crippen LogP contribution in [0, 0.1) is 6.92 Å². The van der Waals surface area contributed by atoms with E-state index in [-0.39, 0.29) is 18.0 Å². The first-order valence-corrected chi connectivity index (χ1v) is 8.78. The van der Waals surface area contributed by atoms with Crippen LogP contribution in [-0.2, 0) is 4.74 Å². The highest BCUT2D eigenvalue weighted by molar-refractivity contribution is 7.99. The third-order valence-corrected chi connectivity index (χ3v) is 4.76. The van der Waals surface area contributed by atoms with Gasteiger partial charge in [0.25, 0.3) is 5.91 Å². The van der Waals surface area contributed by atoms with Gasteiger partial charge >= 0.3 is 6.03 Å². The molecule has 0 bridgehead atoms. The predicted octanol–water partition coefficient (Wildman–Crippen LogP) is 2.00. The predicted molar refractivity (Wildman–Crippen MR) is 93.3 cm³/mol. The number of anilines is 1. The van der Waals surface area contributed by atoms with Crippen molar-refractivity contribution in [1.82, 2.24) is 10.6 Å². The van der Waals surface area contributed by atoms with E-state index in [1.165, 1.54) is 0 Å². The summed E-state index contributed by atoms with van der Waals surface area (Å²) >= 11 is 1.85. The lowest BCUT2D eigenvalue weighted by Gasteiger charge is -2.14. The van der Waals surface area contributed by atoms with Crippen molar-refractivity contribution in [3.8, 4) is 0 Å². The van der Waals surface area contributed by atoms with Crippen molar-refractivity contribution >= 4 is 29.4 Å². The number of thioether (sulfide) groups is 1.